The zero-order valence-electron chi connectivity index (χ0n) is 17.3. The van der Waals surface area contributed by atoms with Crippen LogP contribution in [-0.2, 0) is 21.0 Å². The summed E-state index contributed by atoms with van der Waals surface area (Å²) in [5.41, 5.74) is -0.182. The predicted octanol–water partition coefficient (Wildman–Crippen LogP) is 3.03. The number of amides is 1. The molecule has 0 spiro atoms. The zero-order valence-corrected chi connectivity index (χ0v) is 18.1. The Hall–Kier alpha value is -2.43. The zero-order chi connectivity index (χ0) is 22.9. The fraction of sp³-hybridized carbons (Fsp3) is 0.409. The van der Waals surface area contributed by atoms with Crippen LogP contribution in [0.2, 0.25) is 0 Å². The van der Waals surface area contributed by atoms with Gasteiger partial charge in [-0.15, -0.1) is 0 Å². The maximum Gasteiger partial charge on any atom is 0.416 e. The number of benzene rings is 2. The van der Waals surface area contributed by atoms with Crippen LogP contribution in [0, 0.1) is 0 Å². The summed E-state index contributed by atoms with van der Waals surface area (Å²) in [5.74, 6) is -0.118. The van der Waals surface area contributed by atoms with Gasteiger partial charge in [-0.2, -0.15) is 17.5 Å². The molecule has 10 heteroatoms. The van der Waals surface area contributed by atoms with Crippen LogP contribution in [-0.4, -0.2) is 55.8 Å². The summed E-state index contributed by atoms with van der Waals surface area (Å²) in [6, 6.07) is 12.7. The molecular formula is C22H24F3N3O3S. The van der Waals surface area contributed by atoms with Gasteiger partial charge in [-0.1, -0.05) is 36.4 Å². The molecule has 1 atom stereocenters. The Morgan fingerprint density at radius 1 is 0.969 bits per heavy atom. The number of rotatable bonds is 6. The molecule has 4 rings (SSSR count). The maximum absolute atomic E-state index is 13.0. The van der Waals surface area contributed by atoms with Crippen LogP contribution in [0.4, 0.5) is 13.2 Å². The first kappa shape index (κ1) is 22.8. The van der Waals surface area contributed by atoms with E-state index in [4.69, 9.17) is 0 Å². The number of piperazine rings is 1. The van der Waals surface area contributed by atoms with Gasteiger partial charge in [0.2, 0.25) is 15.9 Å². The highest BCUT2D eigenvalue weighted by atomic mass is 32.2. The number of alkyl halides is 3. The van der Waals surface area contributed by atoms with Gasteiger partial charge in [-0.05, 0) is 36.6 Å². The summed E-state index contributed by atoms with van der Waals surface area (Å²) in [4.78, 5) is 14.5. The summed E-state index contributed by atoms with van der Waals surface area (Å²) < 4.78 is 66.2. The topological polar surface area (TPSA) is 69.7 Å². The van der Waals surface area contributed by atoms with E-state index in [2.05, 4.69) is 5.32 Å². The van der Waals surface area contributed by atoms with Gasteiger partial charge in [0.25, 0.3) is 0 Å². The lowest BCUT2D eigenvalue weighted by molar-refractivity contribution is -0.137. The average molecular weight is 468 g/mol. The fourth-order valence-electron chi connectivity index (χ4n) is 3.86. The van der Waals surface area contributed by atoms with Crippen molar-refractivity contribution in [2.45, 2.75) is 36.0 Å². The minimum absolute atomic E-state index is 0.0820. The first-order valence-electron chi connectivity index (χ1n) is 10.4. The summed E-state index contributed by atoms with van der Waals surface area (Å²) in [5, 5.41) is 3.02. The maximum atomic E-state index is 13.0. The van der Waals surface area contributed by atoms with Gasteiger partial charge in [-0.25, -0.2) is 8.42 Å². The standard InChI is InChI=1S/C22H24F3N3O3S/c23-22(24,25)17-7-4-8-19(15-17)32(30,31)28-13-11-27(12-14-28)20(16-5-2-1-3-6-16)21(29)26-18-9-10-18/h1-8,15,18,20H,9-14H2,(H,26,29)/t20-/m0/s1. The number of hydrogen-bond acceptors (Lipinski definition) is 4. The van der Waals surface area contributed by atoms with Crippen LogP contribution in [0.5, 0.6) is 0 Å². The Morgan fingerprint density at radius 2 is 1.62 bits per heavy atom. The molecular weight excluding hydrogens is 443 g/mol. The molecule has 2 fully saturated rings. The lowest BCUT2D eigenvalue weighted by Crippen LogP contribution is -2.52. The molecule has 1 N–H and O–H groups in total. The normalized spacial score (nSPS) is 19.5. The van der Waals surface area contributed by atoms with Gasteiger partial charge >= 0.3 is 6.18 Å². The molecule has 6 nitrogen and oxygen atoms in total. The Morgan fingerprint density at radius 3 is 2.22 bits per heavy atom. The molecule has 2 aliphatic rings. The molecule has 1 amide bonds. The van der Waals surface area contributed by atoms with Crippen LogP contribution in [0.1, 0.15) is 30.0 Å². The third-order valence-electron chi connectivity index (χ3n) is 5.72. The van der Waals surface area contributed by atoms with Crippen molar-refractivity contribution in [1.29, 1.82) is 0 Å². The van der Waals surface area contributed by atoms with Crippen molar-refractivity contribution in [2.75, 3.05) is 26.2 Å². The number of nitrogens with zero attached hydrogens (tertiary/aromatic N) is 2. The van der Waals surface area contributed by atoms with Crippen LogP contribution in [0.3, 0.4) is 0 Å². The molecule has 0 bridgehead atoms. The number of hydrogen-bond donors (Lipinski definition) is 1. The largest absolute Gasteiger partial charge is 0.416 e. The highest BCUT2D eigenvalue weighted by Crippen LogP contribution is 2.32. The highest BCUT2D eigenvalue weighted by molar-refractivity contribution is 7.89. The third kappa shape index (κ3) is 4.97. The summed E-state index contributed by atoms with van der Waals surface area (Å²) >= 11 is 0. The second-order valence-electron chi connectivity index (χ2n) is 8.06. The van der Waals surface area contributed by atoms with Gasteiger partial charge in [0.15, 0.2) is 0 Å². The number of nitrogens with one attached hydrogen (secondary N) is 1. The van der Waals surface area contributed by atoms with Gasteiger partial charge in [0.05, 0.1) is 10.5 Å². The minimum atomic E-state index is -4.62. The lowest BCUT2D eigenvalue weighted by atomic mass is 10.0. The second-order valence-corrected chi connectivity index (χ2v) is 10.00. The van der Waals surface area contributed by atoms with E-state index in [9.17, 15) is 26.4 Å². The fourth-order valence-corrected chi connectivity index (χ4v) is 5.32. The predicted molar refractivity (Wildman–Crippen MR) is 112 cm³/mol. The van der Waals surface area contributed by atoms with E-state index in [-0.39, 0.29) is 43.0 Å². The molecule has 1 saturated heterocycles. The van der Waals surface area contributed by atoms with Gasteiger partial charge in [0.1, 0.15) is 6.04 Å². The first-order chi connectivity index (χ1) is 15.2. The van der Waals surface area contributed by atoms with Crippen molar-refractivity contribution in [3.8, 4) is 0 Å². The van der Waals surface area contributed by atoms with Crippen molar-refractivity contribution >= 4 is 15.9 Å². The molecule has 0 unspecified atom stereocenters. The number of halogens is 3. The molecule has 1 aliphatic heterocycles. The van der Waals surface area contributed by atoms with Crippen LogP contribution in [0.25, 0.3) is 0 Å². The van der Waals surface area contributed by atoms with E-state index in [1.54, 1.807) is 0 Å². The Labute approximate surface area is 185 Å². The second kappa shape index (κ2) is 8.84. The number of carbonyl (C=O) groups excluding carboxylic acids is 1. The quantitative estimate of drug-likeness (QED) is 0.709. The average Bonchev–Trinajstić information content (AvgIpc) is 3.58. The third-order valence-corrected chi connectivity index (χ3v) is 7.62. The van der Waals surface area contributed by atoms with E-state index in [0.29, 0.717) is 6.07 Å². The van der Waals surface area contributed by atoms with Gasteiger partial charge in [0, 0.05) is 32.2 Å². The van der Waals surface area contributed by atoms with Gasteiger partial charge in [-0.3, -0.25) is 9.69 Å². The first-order valence-corrected chi connectivity index (χ1v) is 11.9. The van der Waals surface area contributed by atoms with E-state index in [1.165, 1.54) is 10.4 Å². The number of carbonyl (C=O) groups is 1. The summed E-state index contributed by atoms with van der Waals surface area (Å²) in [6.07, 6.45) is -2.71. The Bertz CT molecular complexity index is 1060. The van der Waals surface area contributed by atoms with Crippen molar-refractivity contribution in [1.82, 2.24) is 14.5 Å². The van der Waals surface area contributed by atoms with E-state index >= 15 is 0 Å². The molecule has 0 radical (unpaired) electrons. The molecule has 32 heavy (non-hydrogen) atoms. The van der Waals surface area contributed by atoms with Crippen molar-refractivity contribution in [2.24, 2.45) is 0 Å². The Balaban J connectivity index is 1.50. The van der Waals surface area contributed by atoms with E-state index < -0.39 is 27.8 Å². The van der Waals surface area contributed by atoms with Crippen LogP contribution in [0.15, 0.2) is 59.5 Å². The van der Waals surface area contributed by atoms with Crippen molar-refractivity contribution < 1.29 is 26.4 Å². The summed E-state index contributed by atoms with van der Waals surface area (Å²) in [7, 11) is -4.08. The minimum Gasteiger partial charge on any atom is -0.352 e. The molecule has 0 aromatic heterocycles. The van der Waals surface area contributed by atoms with Crippen molar-refractivity contribution in [3.63, 3.8) is 0 Å². The monoisotopic (exact) mass is 467 g/mol. The SMILES string of the molecule is O=C(NC1CC1)[C@H](c1ccccc1)N1CCN(S(=O)(=O)c2cccc(C(F)(F)F)c2)CC1. The molecule has 1 saturated carbocycles. The van der Waals surface area contributed by atoms with Crippen LogP contribution >= 0.6 is 0 Å². The number of sulfonamides is 1. The smallest absolute Gasteiger partial charge is 0.352 e. The lowest BCUT2D eigenvalue weighted by Gasteiger charge is -2.38. The highest BCUT2D eigenvalue weighted by Gasteiger charge is 2.37. The molecule has 1 heterocycles. The Kier molecular flexibility index (Phi) is 6.28. The van der Waals surface area contributed by atoms with Gasteiger partial charge < -0.3 is 5.32 Å². The molecule has 2 aromatic carbocycles. The summed E-state index contributed by atoms with van der Waals surface area (Å²) in [6.45, 7) is 0.739. The molecule has 172 valence electrons. The van der Waals surface area contributed by atoms with Crippen molar-refractivity contribution in [3.05, 3.63) is 65.7 Å². The molecule has 2 aromatic rings. The van der Waals surface area contributed by atoms with E-state index in [1.807, 2.05) is 35.2 Å². The van der Waals surface area contributed by atoms with E-state index in [0.717, 1.165) is 30.5 Å². The van der Waals surface area contributed by atoms with Crippen LogP contribution < -0.4 is 5.32 Å². The molecule has 1 aliphatic carbocycles.